The van der Waals surface area contributed by atoms with Crippen LogP contribution in [0.25, 0.3) is 0 Å². The highest BCUT2D eigenvalue weighted by Gasteiger charge is 2.19. The molecule has 2 aromatic rings. The first-order valence-corrected chi connectivity index (χ1v) is 10.7. The predicted octanol–water partition coefficient (Wildman–Crippen LogP) is 1.86. The van der Waals surface area contributed by atoms with Crippen molar-refractivity contribution < 1.29 is 17.6 Å². The summed E-state index contributed by atoms with van der Waals surface area (Å²) in [6.07, 6.45) is 2.45. The highest BCUT2D eigenvalue weighted by molar-refractivity contribution is 7.91. The number of nitrogens with zero attached hydrogens (tertiary/aromatic N) is 2. The van der Waals surface area contributed by atoms with Gasteiger partial charge in [-0.05, 0) is 30.7 Å². The minimum Gasteiger partial charge on any atom is -0.467 e. The molecule has 0 aromatic carbocycles. The number of nitrogens with one attached hydrogen (secondary N) is 2. The Morgan fingerprint density at radius 2 is 2.11 bits per heavy atom. The largest absolute Gasteiger partial charge is 0.467 e. The summed E-state index contributed by atoms with van der Waals surface area (Å²) in [5, 5.41) is 6.38. The number of guanidine groups is 1. The summed E-state index contributed by atoms with van der Waals surface area (Å²) in [5.74, 6) is 1.47. The number of thiophene rings is 1. The first-order chi connectivity index (χ1) is 12.9. The molecular weight excluding hydrogens is 388 g/mol. The molecule has 0 saturated carbocycles. The first-order valence-electron chi connectivity index (χ1n) is 8.49. The van der Waals surface area contributed by atoms with Crippen LogP contribution in [0.15, 0.2) is 44.1 Å². The Morgan fingerprint density at radius 3 is 2.78 bits per heavy atom. The van der Waals surface area contributed by atoms with Crippen LogP contribution in [0, 0.1) is 0 Å². The van der Waals surface area contributed by atoms with Crippen molar-refractivity contribution in [3.05, 3.63) is 41.2 Å². The minimum atomic E-state index is -3.38. The van der Waals surface area contributed by atoms with E-state index in [9.17, 15) is 8.42 Å². The number of aliphatic imine (C=N–C) groups is 1. The lowest BCUT2D eigenvalue weighted by Gasteiger charge is -2.11. The third-order valence-electron chi connectivity index (χ3n) is 3.61. The van der Waals surface area contributed by atoms with Crippen molar-refractivity contribution in [3.63, 3.8) is 0 Å². The molecule has 2 aromatic heterocycles. The number of rotatable bonds is 10. The maximum Gasteiger partial charge on any atom is 0.252 e. The van der Waals surface area contributed by atoms with Gasteiger partial charge in [0.1, 0.15) is 16.6 Å². The van der Waals surface area contributed by atoms with Crippen LogP contribution in [0.4, 0.5) is 0 Å². The fourth-order valence-electron chi connectivity index (χ4n) is 2.11. The van der Waals surface area contributed by atoms with E-state index in [1.807, 2.05) is 18.2 Å². The second-order valence-corrected chi connectivity index (χ2v) is 9.39. The van der Waals surface area contributed by atoms with E-state index in [-0.39, 0.29) is 0 Å². The monoisotopic (exact) mass is 414 g/mol. The fourth-order valence-corrected chi connectivity index (χ4v) is 4.58. The molecule has 0 fully saturated rings. The van der Waals surface area contributed by atoms with E-state index in [4.69, 9.17) is 9.15 Å². The van der Waals surface area contributed by atoms with Gasteiger partial charge in [0.2, 0.25) is 0 Å². The van der Waals surface area contributed by atoms with Crippen LogP contribution in [0.3, 0.4) is 0 Å². The number of sulfonamides is 1. The summed E-state index contributed by atoms with van der Waals surface area (Å²) in [7, 11) is 1.36. The maximum absolute atomic E-state index is 12.1. The molecule has 0 aliphatic rings. The van der Waals surface area contributed by atoms with Crippen LogP contribution in [0.5, 0.6) is 0 Å². The lowest BCUT2D eigenvalue weighted by molar-refractivity contribution is 0.105. The molecule has 0 amide bonds. The molecule has 0 aliphatic carbocycles. The maximum atomic E-state index is 12.1. The summed E-state index contributed by atoms with van der Waals surface area (Å²) in [6, 6.07) is 7.15. The third kappa shape index (κ3) is 6.65. The zero-order valence-corrected chi connectivity index (χ0v) is 17.4. The SMILES string of the molecule is CN=C(NCCCOCc1ccco1)NCc1ccc(S(=O)(=O)N(C)C)s1. The molecule has 0 saturated heterocycles. The van der Waals surface area contributed by atoms with Crippen LogP contribution in [0.1, 0.15) is 17.1 Å². The third-order valence-corrected chi connectivity index (χ3v) is 6.98. The molecular formula is C17H26N4O4S2. The van der Waals surface area contributed by atoms with E-state index in [2.05, 4.69) is 15.6 Å². The second kappa shape index (κ2) is 10.5. The van der Waals surface area contributed by atoms with Crippen molar-refractivity contribution in [2.75, 3.05) is 34.3 Å². The van der Waals surface area contributed by atoms with E-state index in [1.54, 1.807) is 19.4 Å². The number of hydrogen-bond acceptors (Lipinski definition) is 6. The van der Waals surface area contributed by atoms with Crippen LogP contribution in [-0.4, -0.2) is 53.0 Å². The Hall–Kier alpha value is -1.88. The van der Waals surface area contributed by atoms with Gasteiger partial charge in [0.25, 0.3) is 10.0 Å². The molecule has 150 valence electrons. The van der Waals surface area contributed by atoms with Gasteiger partial charge in [0, 0.05) is 39.2 Å². The predicted molar refractivity (Wildman–Crippen MR) is 106 cm³/mol. The zero-order chi connectivity index (χ0) is 19.7. The van der Waals surface area contributed by atoms with Crippen molar-refractivity contribution in [1.82, 2.24) is 14.9 Å². The van der Waals surface area contributed by atoms with Gasteiger partial charge >= 0.3 is 0 Å². The Kier molecular flexibility index (Phi) is 8.29. The van der Waals surface area contributed by atoms with Crippen molar-refractivity contribution >= 4 is 27.3 Å². The van der Waals surface area contributed by atoms with Gasteiger partial charge in [0.15, 0.2) is 5.96 Å². The molecule has 2 N–H and O–H groups in total. The quantitative estimate of drug-likeness (QED) is 0.350. The molecule has 2 heterocycles. The van der Waals surface area contributed by atoms with Crippen LogP contribution < -0.4 is 10.6 Å². The average Bonchev–Trinajstić information content (AvgIpc) is 3.32. The fraction of sp³-hybridized carbons (Fsp3) is 0.471. The van der Waals surface area contributed by atoms with Crippen LogP contribution in [-0.2, 0) is 27.9 Å². The lowest BCUT2D eigenvalue weighted by Crippen LogP contribution is -2.37. The highest BCUT2D eigenvalue weighted by Crippen LogP contribution is 2.23. The second-order valence-electron chi connectivity index (χ2n) is 5.85. The van der Waals surface area contributed by atoms with E-state index >= 15 is 0 Å². The van der Waals surface area contributed by atoms with Crippen LogP contribution >= 0.6 is 11.3 Å². The first kappa shape index (κ1) is 21.4. The van der Waals surface area contributed by atoms with Gasteiger partial charge < -0.3 is 19.8 Å². The Balaban J connectivity index is 1.67. The standard InChI is InChI=1S/C17H26N4O4S2/c1-18-17(19-9-5-10-24-13-14-6-4-11-25-14)20-12-15-7-8-16(26-15)27(22,23)21(2)3/h4,6-8,11H,5,9-10,12-13H2,1-3H3,(H2,18,19,20). The summed E-state index contributed by atoms with van der Waals surface area (Å²) in [5.41, 5.74) is 0. The van der Waals surface area contributed by atoms with E-state index < -0.39 is 10.0 Å². The van der Waals surface area contributed by atoms with Crippen molar-refractivity contribution in [2.45, 2.75) is 23.8 Å². The van der Waals surface area contributed by atoms with Gasteiger partial charge in [-0.2, -0.15) is 0 Å². The van der Waals surface area contributed by atoms with Crippen molar-refractivity contribution in [1.29, 1.82) is 0 Å². The number of ether oxygens (including phenoxy) is 1. The van der Waals surface area contributed by atoms with Gasteiger partial charge in [-0.25, -0.2) is 12.7 Å². The molecule has 2 rings (SSSR count). The van der Waals surface area contributed by atoms with E-state index in [1.165, 1.54) is 29.7 Å². The molecule has 10 heteroatoms. The number of hydrogen-bond donors (Lipinski definition) is 2. The summed E-state index contributed by atoms with van der Waals surface area (Å²) >= 11 is 1.25. The minimum absolute atomic E-state index is 0.334. The number of furan rings is 1. The lowest BCUT2D eigenvalue weighted by atomic mass is 10.4. The van der Waals surface area contributed by atoms with E-state index in [0.29, 0.717) is 36.5 Å². The summed E-state index contributed by atoms with van der Waals surface area (Å²) in [4.78, 5) is 5.08. The Labute approximate surface area is 164 Å². The topological polar surface area (TPSA) is 96.2 Å². The average molecular weight is 415 g/mol. The van der Waals surface area contributed by atoms with Gasteiger partial charge in [-0.1, -0.05) is 0 Å². The molecule has 8 nitrogen and oxygen atoms in total. The summed E-state index contributed by atoms with van der Waals surface area (Å²) in [6.45, 7) is 2.29. The smallest absolute Gasteiger partial charge is 0.252 e. The van der Waals surface area contributed by atoms with E-state index in [0.717, 1.165) is 17.1 Å². The van der Waals surface area contributed by atoms with Crippen molar-refractivity contribution in [3.8, 4) is 0 Å². The Morgan fingerprint density at radius 1 is 1.30 bits per heavy atom. The molecule has 0 unspecified atom stereocenters. The van der Waals surface area contributed by atoms with Gasteiger partial charge in [0.05, 0.1) is 12.8 Å². The van der Waals surface area contributed by atoms with Crippen molar-refractivity contribution in [2.24, 2.45) is 4.99 Å². The van der Waals surface area contributed by atoms with Gasteiger partial charge in [-0.3, -0.25) is 4.99 Å². The summed E-state index contributed by atoms with van der Waals surface area (Å²) < 4.78 is 36.5. The molecule has 0 atom stereocenters. The van der Waals surface area contributed by atoms with Gasteiger partial charge in [-0.15, -0.1) is 11.3 Å². The molecule has 27 heavy (non-hydrogen) atoms. The molecule has 0 spiro atoms. The molecule has 0 radical (unpaired) electrons. The highest BCUT2D eigenvalue weighted by atomic mass is 32.2. The molecule has 0 bridgehead atoms. The normalized spacial score (nSPS) is 12.5. The van der Waals surface area contributed by atoms with Crippen LogP contribution in [0.2, 0.25) is 0 Å². The zero-order valence-electron chi connectivity index (χ0n) is 15.8. The molecule has 0 aliphatic heterocycles. The Bertz CT molecular complexity index is 814.